The average Bonchev–Trinajstić information content (AvgIpc) is 3.41. The van der Waals surface area contributed by atoms with Crippen LogP contribution in [0.4, 0.5) is 0 Å². The van der Waals surface area contributed by atoms with E-state index in [9.17, 15) is 0 Å². The molecule has 0 N–H and O–H groups in total. The summed E-state index contributed by atoms with van der Waals surface area (Å²) in [6.07, 6.45) is 4.77. The van der Waals surface area contributed by atoms with Gasteiger partial charge >= 0.3 is 0 Å². The second-order valence-corrected chi connectivity index (χ2v) is 7.77. The SMILES string of the molecule is COc1ccc(OC)c([C@@H](c2nnnn2C2CCCC2)N2CCN(C)CC2)c1. The highest BCUT2D eigenvalue weighted by molar-refractivity contribution is 5.44. The Morgan fingerprint density at radius 1 is 1.04 bits per heavy atom. The Balaban J connectivity index is 1.79. The Bertz CT molecular complexity index is 781. The summed E-state index contributed by atoms with van der Waals surface area (Å²) >= 11 is 0. The lowest BCUT2D eigenvalue weighted by Crippen LogP contribution is -2.47. The minimum Gasteiger partial charge on any atom is -0.497 e. The molecule has 2 aromatic rings. The lowest BCUT2D eigenvalue weighted by Gasteiger charge is -2.38. The molecular weight excluding hydrogens is 356 g/mol. The summed E-state index contributed by atoms with van der Waals surface area (Å²) in [5.74, 6) is 2.56. The molecule has 8 nitrogen and oxygen atoms in total. The monoisotopic (exact) mass is 386 g/mol. The summed E-state index contributed by atoms with van der Waals surface area (Å²) < 4.78 is 13.3. The number of benzene rings is 1. The number of likely N-dealkylation sites (N-methyl/N-ethyl adjacent to an activating group) is 1. The Labute approximate surface area is 166 Å². The van der Waals surface area contributed by atoms with E-state index in [1.807, 2.05) is 12.1 Å². The van der Waals surface area contributed by atoms with Gasteiger partial charge in [0.15, 0.2) is 5.82 Å². The summed E-state index contributed by atoms with van der Waals surface area (Å²) in [6, 6.07) is 6.30. The largest absolute Gasteiger partial charge is 0.497 e. The first-order valence-corrected chi connectivity index (χ1v) is 10.1. The van der Waals surface area contributed by atoms with Crippen molar-refractivity contribution in [1.29, 1.82) is 0 Å². The Morgan fingerprint density at radius 3 is 2.46 bits per heavy atom. The van der Waals surface area contributed by atoms with Gasteiger partial charge in [-0.3, -0.25) is 4.90 Å². The fourth-order valence-corrected chi connectivity index (χ4v) is 4.42. The van der Waals surface area contributed by atoms with Gasteiger partial charge in [0, 0.05) is 31.7 Å². The number of methoxy groups -OCH3 is 2. The molecule has 152 valence electrons. The minimum atomic E-state index is -0.0608. The van der Waals surface area contributed by atoms with Crippen molar-refractivity contribution in [3.05, 3.63) is 29.6 Å². The topological polar surface area (TPSA) is 68.5 Å². The lowest BCUT2D eigenvalue weighted by molar-refractivity contribution is 0.119. The highest BCUT2D eigenvalue weighted by Crippen LogP contribution is 2.39. The summed E-state index contributed by atoms with van der Waals surface area (Å²) in [7, 11) is 5.58. The number of ether oxygens (including phenoxy) is 2. The normalized spacial score (nSPS) is 20.4. The Hall–Kier alpha value is -2.19. The van der Waals surface area contributed by atoms with Crippen molar-refractivity contribution in [3.63, 3.8) is 0 Å². The van der Waals surface area contributed by atoms with E-state index >= 15 is 0 Å². The van der Waals surface area contributed by atoms with Gasteiger partial charge in [0.2, 0.25) is 0 Å². The molecule has 1 aliphatic carbocycles. The van der Waals surface area contributed by atoms with E-state index in [0.29, 0.717) is 6.04 Å². The molecule has 1 aromatic carbocycles. The molecule has 1 aromatic heterocycles. The van der Waals surface area contributed by atoms with Gasteiger partial charge in [0.05, 0.1) is 20.3 Å². The molecule has 4 rings (SSSR count). The van der Waals surface area contributed by atoms with Gasteiger partial charge in [0.1, 0.15) is 17.5 Å². The van der Waals surface area contributed by atoms with Crippen LogP contribution in [0.15, 0.2) is 18.2 Å². The smallest absolute Gasteiger partial charge is 0.173 e. The first-order chi connectivity index (χ1) is 13.7. The molecule has 0 amide bonds. The molecule has 1 aliphatic heterocycles. The van der Waals surface area contributed by atoms with Crippen molar-refractivity contribution in [2.45, 2.75) is 37.8 Å². The Kier molecular flexibility index (Phi) is 5.77. The van der Waals surface area contributed by atoms with Crippen LogP contribution in [0.3, 0.4) is 0 Å². The zero-order chi connectivity index (χ0) is 19.5. The van der Waals surface area contributed by atoms with Crippen LogP contribution in [0.2, 0.25) is 0 Å². The lowest BCUT2D eigenvalue weighted by atomic mass is 10.0. The number of piperazine rings is 1. The van der Waals surface area contributed by atoms with Crippen LogP contribution < -0.4 is 9.47 Å². The first-order valence-electron chi connectivity index (χ1n) is 10.1. The third-order valence-corrected chi connectivity index (χ3v) is 6.07. The van der Waals surface area contributed by atoms with Crippen LogP contribution in [-0.2, 0) is 0 Å². The van der Waals surface area contributed by atoms with Crippen LogP contribution in [0, 0.1) is 0 Å². The van der Waals surface area contributed by atoms with E-state index in [1.165, 1.54) is 12.8 Å². The standard InChI is InChI=1S/C20H30N6O2/c1-24-10-12-25(13-11-24)19(17-14-16(27-2)8-9-18(17)28-3)20-21-22-23-26(20)15-6-4-5-7-15/h8-9,14-15,19H,4-7,10-13H2,1-3H3/t19-/m0/s1. The van der Waals surface area contributed by atoms with E-state index < -0.39 is 0 Å². The predicted octanol–water partition coefficient (Wildman–Crippen LogP) is 2.14. The van der Waals surface area contributed by atoms with E-state index in [0.717, 1.165) is 61.9 Å². The van der Waals surface area contributed by atoms with Gasteiger partial charge in [0.25, 0.3) is 0 Å². The number of rotatable bonds is 6. The van der Waals surface area contributed by atoms with Crippen LogP contribution in [0.1, 0.15) is 49.2 Å². The van der Waals surface area contributed by atoms with E-state index in [4.69, 9.17) is 9.47 Å². The van der Waals surface area contributed by atoms with Gasteiger partial charge in [-0.2, -0.15) is 0 Å². The van der Waals surface area contributed by atoms with Crippen molar-refractivity contribution in [2.75, 3.05) is 47.4 Å². The molecular formula is C20H30N6O2. The van der Waals surface area contributed by atoms with Crippen molar-refractivity contribution >= 4 is 0 Å². The summed E-state index contributed by atoms with van der Waals surface area (Å²) in [5, 5.41) is 13.0. The van der Waals surface area contributed by atoms with Gasteiger partial charge in [-0.1, -0.05) is 12.8 Å². The number of aromatic nitrogens is 4. The number of hydrogen-bond donors (Lipinski definition) is 0. The minimum absolute atomic E-state index is 0.0608. The summed E-state index contributed by atoms with van der Waals surface area (Å²) in [6.45, 7) is 3.96. The van der Waals surface area contributed by atoms with Crippen molar-refractivity contribution in [3.8, 4) is 11.5 Å². The van der Waals surface area contributed by atoms with Crippen LogP contribution in [-0.4, -0.2) is 77.5 Å². The van der Waals surface area contributed by atoms with Crippen molar-refractivity contribution < 1.29 is 9.47 Å². The van der Waals surface area contributed by atoms with E-state index in [-0.39, 0.29) is 6.04 Å². The van der Waals surface area contributed by atoms with Gasteiger partial charge in [-0.05, 0) is 48.5 Å². The first kappa shape index (κ1) is 19.1. The predicted molar refractivity (Wildman–Crippen MR) is 106 cm³/mol. The van der Waals surface area contributed by atoms with E-state index in [1.54, 1.807) is 14.2 Å². The number of hydrogen-bond acceptors (Lipinski definition) is 7. The van der Waals surface area contributed by atoms with Crippen LogP contribution >= 0.6 is 0 Å². The van der Waals surface area contributed by atoms with Crippen LogP contribution in [0.25, 0.3) is 0 Å². The second kappa shape index (κ2) is 8.45. The molecule has 0 spiro atoms. The Morgan fingerprint density at radius 2 is 1.79 bits per heavy atom. The molecule has 28 heavy (non-hydrogen) atoms. The highest BCUT2D eigenvalue weighted by Gasteiger charge is 2.34. The molecule has 2 fully saturated rings. The molecule has 1 saturated heterocycles. The summed E-state index contributed by atoms with van der Waals surface area (Å²) in [5.41, 5.74) is 1.06. The highest BCUT2D eigenvalue weighted by atomic mass is 16.5. The van der Waals surface area contributed by atoms with Gasteiger partial charge in [-0.25, -0.2) is 4.68 Å². The molecule has 8 heteroatoms. The molecule has 1 atom stereocenters. The fraction of sp³-hybridized carbons (Fsp3) is 0.650. The maximum Gasteiger partial charge on any atom is 0.173 e. The molecule has 2 aliphatic rings. The maximum absolute atomic E-state index is 5.73. The number of nitrogens with zero attached hydrogens (tertiary/aromatic N) is 6. The quantitative estimate of drug-likeness (QED) is 0.753. The van der Waals surface area contributed by atoms with Crippen LogP contribution in [0.5, 0.6) is 11.5 Å². The third-order valence-electron chi connectivity index (χ3n) is 6.07. The van der Waals surface area contributed by atoms with Gasteiger partial charge < -0.3 is 14.4 Å². The molecule has 0 radical (unpaired) electrons. The average molecular weight is 387 g/mol. The van der Waals surface area contributed by atoms with Crippen molar-refractivity contribution in [1.82, 2.24) is 30.0 Å². The zero-order valence-electron chi connectivity index (χ0n) is 17.0. The summed E-state index contributed by atoms with van der Waals surface area (Å²) in [4.78, 5) is 4.82. The molecule has 2 heterocycles. The van der Waals surface area contributed by atoms with E-state index in [2.05, 4.69) is 43.1 Å². The fourth-order valence-electron chi connectivity index (χ4n) is 4.42. The third kappa shape index (κ3) is 3.71. The number of tetrazole rings is 1. The zero-order valence-corrected chi connectivity index (χ0v) is 17.0. The van der Waals surface area contributed by atoms with Gasteiger partial charge in [-0.15, -0.1) is 5.10 Å². The molecule has 0 unspecified atom stereocenters. The molecule has 0 bridgehead atoms. The maximum atomic E-state index is 5.73. The molecule has 1 saturated carbocycles. The van der Waals surface area contributed by atoms with Crippen molar-refractivity contribution in [2.24, 2.45) is 0 Å². The second-order valence-electron chi connectivity index (χ2n) is 7.77.